The number of rotatable bonds is 3. The molecule has 0 aliphatic heterocycles. The van der Waals surface area contributed by atoms with Crippen LogP contribution in [0, 0.1) is 0 Å². The van der Waals surface area contributed by atoms with E-state index in [1.165, 1.54) is 33.0 Å². The summed E-state index contributed by atoms with van der Waals surface area (Å²) < 4.78 is 5.65. The number of nitrogens with two attached hydrogens (primary N) is 3. The highest BCUT2D eigenvalue weighted by Crippen LogP contribution is 2.29. The van der Waals surface area contributed by atoms with E-state index in [0.717, 1.165) is 34.0 Å². The number of hydrogen-bond donors (Lipinski definition) is 3. The van der Waals surface area contributed by atoms with Crippen molar-refractivity contribution in [1.29, 1.82) is 0 Å². The van der Waals surface area contributed by atoms with E-state index >= 15 is 0 Å². The largest absolute Gasteiger partial charge is 0.456 e. The zero-order chi connectivity index (χ0) is 27.0. The van der Waals surface area contributed by atoms with Gasteiger partial charge in [-0.3, -0.25) is 11.7 Å². The zero-order valence-corrected chi connectivity index (χ0v) is 21.6. The van der Waals surface area contributed by atoms with E-state index in [1.807, 2.05) is 36.4 Å². The Bertz CT molecular complexity index is 1810. The van der Waals surface area contributed by atoms with Crippen LogP contribution in [-0.4, -0.2) is 0 Å². The molecule has 7 rings (SSSR count). The summed E-state index contributed by atoms with van der Waals surface area (Å²) in [7, 11) is 0. The van der Waals surface area contributed by atoms with Crippen molar-refractivity contribution in [3.8, 4) is 11.1 Å². The van der Waals surface area contributed by atoms with Gasteiger partial charge in [-0.25, -0.2) is 0 Å². The maximum absolute atomic E-state index is 5.69. The summed E-state index contributed by atoms with van der Waals surface area (Å²) in [6.07, 6.45) is 0.985. The van der Waals surface area contributed by atoms with Crippen LogP contribution in [0.25, 0.3) is 43.8 Å². The van der Waals surface area contributed by atoms with Gasteiger partial charge in [-0.2, -0.15) is 0 Å². The molecule has 0 saturated carbocycles. The molecule has 7 aromatic rings. The molecule has 0 saturated heterocycles. The molecule has 4 heteroatoms. The Balaban J connectivity index is 0.000000164. The van der Waals surface area contributed by atoms with E-state index in [-0.39, 0.29) is 0 Å². The van der Waals surface area contributed by atoms with Crippen molar-refractivity contribution in [2.45, 2.75) is 6.42 Å². The van der Waals surface area contributed by atoms with Gasteiger partial charge in [0.25, 0.3) is 0 Å². The fraction of sp³-hybridized carbons (Fsp3) is 0.0286. The minimum atomic E-state index is 0.733. The molecule has 6 aromatic carbocycles. The van der Waals surface area contributed by atoms with Crippen LogP contribution < -0.4 is 17.4 Å². The van der Waals surface area contributed by atoms with Gasteiger partial charge < -0.3 is 10.2 Å². The smallest absolute Gasteiger partial charge is 0.137 e. The quantitative estimate of drug-likeness (QED) is 0.128. The molecular weight excluding hydrogens is 478 g/mol. The first kappa shape index (κ1) is 25.7. The number of benzene rings is 6. The summed E-state index contributed by atoms with van der Waals surface area (Å²) in [4.78, 5) is 0. The van der Waals surface area contributed by atoms with Gasteiger partial charge in [0, 0.05) is 22.5 Å². The summed E-state index contributed by atoms with van der Waals surface area (Å²) >= 11 is 0. The van der Waals surface area contributed by atoms with E-state index in [0.29, 0.717) is 0 Å². The average Bonchev–Trinajstić information content (AvgIpc) is 3.37. The third-order valence-electron chi connectivity index (χ3n) is 6.69. The van der Waals surface area contributed by atoms with Crippen molar-refractivity contribution in [3.63, 3.8) is 0 Å². The highest BCUT2D eigenvalue weighted by atomic mass is 16.3. The topological polar surface area (TPSA) is 91.2 Å². The van der Waals surface area contributed by atoms with Gasteiger partial charge in [0.15, 0.2) is 0 Å². The van der Waals surface area contributed by atoms with Crippen LogP contribution in [0.2, 0.25) is 0 Å². The van der Waals surface area contributed by atoms with Crippen molar-refractivity contribution in [1.82, 2.24) is 0 Å². The lowest BCUT2D eigenvalue weighted by Gasteiger charge is -2.06. The number of hydrogen-bond acceptors (Lipinski definition) is 4. The molecule has 0 aliphatic carbocycles. The molecule has 0 amide bonds. The molecule has 0 bridgehead atoms. The Morgan fingerprint density at radius 2 is 1.08 bits per heavy atom. The molecule has 0 aliphatic rings. The van der Waals surface area contributed by atoms with Crippen LogP contribution in [0.15, 0.2) is 144 Å². The summed E-state index contributed by atoms with van der Waals surface area (Å²) in [5, 5.41) is 4.84. The second-order valence-corrected chi connectivity index (χ2v) is 9.28. The summed E-state index contributed by atoms with van der Waals surface area (Å²) in [6, 6.07) is 48.4. The van der Waals surface area contributed by atoms with Crippen LogP contribution >= 0.6 is 0 Å². The van der Waals surface area contributed by atoms with Crippen LogP contribution in [0.5, 0.6) is 0 Å². The summed E-state index contributed by atoms with van der Waals surface area (Å²) in [5.41, 5.74) is 13.4. The van der Waals surface area contributed by atoms with E-state index < -0.39 is 0 Å². The highest BCUT2D eigenvalue weighted by molar-refractivity contribution is 6.05. The molecule has 0 spiro atoms. The van der Waals surface area contributed by atoms with Gasteiger partial charge in [-0.15, -0.1) is 0 Å². The zero-order valence-electron chi connectivity index (χ0n) is 21.6. The van der Waals surface area contributed by atoms with Crippen LogP contribution in [-0.2, 0) is 6.42 Å². The second-order valence-electron chi connectivity index (χ2n) is 9.28. The maximum Gasteiger partial charge on any atom is 0.137 e. The lowest BCUT2D eigenvalue weighted by molar-refractivity contribution is 0.669. The monoisotopic (exact) mass is 509 g/mol. The number of furan rings is 1. The van der Waals surface area contributed by atoms with Crippen molar-refractivity contribution < 1.29 is 4.42 Å². The first-order chi connectivity index (χ1) is 19.2. The van der Waals surface area contributed by atoms with Gasteiger partial charge in [0.05, 0.1) is 0 Å². The standard InChI is InChI=1S/C23H18.C12H9NO.H4N2/c1-2-6-18(7-3-1)16-19-10-12-21(13-11-19)23-15-14-20-8-4-5-9-22(20)17-23;13-8-5-6-10-9-3-1-2-4-11(9)14-12(10)7-8;1-2/h1-15,17H,16H2;1-7H,13H2;1-2H2. The second kappa shape index (κ2) is 12.1. The first-order valence-corrected chi connectivity index (χ1v) is 12.9. The minimum absolute atomic E-state index is 0.733. The van der Waals surface area contributed by atoms with Gasteiger partial charge in [-0.05, 0) is 63.7 Å². The molecule has 192 valence electrons. The van der Waals surface area contributed by atoms with Gasteiger partial charge in [0.1, 0.15) is 11.2 Å². The maximum atomic E-state index is 5.69. The predicted octanol–water partition coefficient (Wildman–Crippen LogP) is 8.08. The van der Waals surface area contributed by atoms with Gasteiger partial charge >= 0.3 is 0 Å². The molecule has 4 nitrogen and oxygen atoms in total. The molecule has 6 N–H and O–H groups in total. The van der Waals surface area contributed by atoms with Crippen molar-refractivity contribution in [2.75, 3.05) is 5.73 Å². The Hall–Kier alpha value is -4.90. The number of anilines is 1. The molecule has 0 radical (unpaired) electrons. The fourth-order valence-electron chi connectivity index (χ4n) is 4.76. The van der Waals surface area contributed by atoms with Crippen LogP contribution in [0.4, 0.5) is 5.69 Å². The third-order valence-corrected chi connectivity index (χ3v) is 6.69. The van der Waals surface area contributed by atoms with Crippen molar-refractivity contribution in [2.24, 2.45) is 11.7 Å². The highest BCUT2D eigenvalue weighted by Gasteiger charge is 2.05. The Kier molecular flexibility index (Phi) is 7.98. The Labute approximate surface area is 228 Å². The number of nitrogen functional groups attached to an aromatic ring is 1. The lowest BCUT2D eigenvalue weighted by Crippen LogP contribution is -2.02. The molecular formula is C35H31N3O. The van der Waals surface area contributed by atoms with Crippen molar-refractivity contribution >= 4 is 38.4 Å². The van der Waals surface area contributed by atoms with Crippen LogP contribution in [0.1, 0.15) is 11.1 Å². The first-order valence-electron chi connectivity index (χ1n) is 12.9. The Morgan fingerprint density at radius 3 is 1.87 bits per heavy atom. The van der Waals surface area contributed by atoms with Crippen LogP contribution in [0.3, 0.4) is 0 Å². The molecule has 0 fully saturated rings. The predicted molar refractivity (Wildman–Crippen MR) is 165 cm³/mol. The molecule has 0 unspecified atom stereocenters. The molecule has 1 heterocycles. The normalized spacial score (nSPS) is 10.5. The third kappa shape index (κ3) is 5.99. The van der Waals surface area contributed by atoms with E-state index in [2.05, 4.69) is 115 Å². The Morgan fingerprint density at radius 1 is 0.462 bits per heavy atom. The van der Waals surface area contributed by atoms with E-state index in [4.69, 9.17) is 10.2 Å². The van der Waals surface area contributed by atoms with Gasteiger partial charge in [0.2, 0.25) is 0 Å². The lowest BCUT2D eigenvalue weighted by atomic mass is 9.98. The number of hydrazine groups is 1. The summed E-state index contributed by atoms with van der Waals surface area (Å²) in [6.45, 7) is 0. The number of fused-ring (bicyclic) bond motifs is 4. The van der Waals surface area contributed by atoms with E-state index in [1.54, 1.807) is 0 Å². The SMILES string of the molecule is NN.Nc1ccc2c(c1)oc1ccccc12.c1ccc(Cc2ccc(-c3ccc4ccccc4c3)cc2)cc1. The number of para-hydroxylation sites is 1. The molecule has 1 aromatic heterocycles. The molecule has 0 atom stereocenters. The van der Waals surface area contributed by atoms with Crippen molar-refractivity contribution in [3.05, 3.63) is 151 Å². The minimum Gasteiger partial charge on any atom is -0.456 e. The fourth-order valence-corrected chi connectivity index (χ4v) is 4.76. The van der Waals surface area contributed by atoms with Gasteiger partial charge in [-0.1, -0.05) is 109 Å². The van der Waals surface area contributed by atoms with E-state index in [9.17, 15) is 0 Å². The summed E-state index contributed by atoms with van der Waals surface area (Å²) in [5.74, 6) is 8.00. The molecule has 39 heavy (non-hydrogen) atoms. The average molecular weight is 510 g/mol.